The van der Waals surface area contributed by atoms with Gasteiger partial charge in [0.25, 0.3) is 0 Å². The van der Waals surface area contributed by atoms with E-state index in [4.69, 9.17) is 14.9 Å². The first-order valence-corrected chi connectivity index (χ1v) is 15.7. The largest absolute Gasteiger partial charge is 0.494 e. The SMILES string of the molecule is CC(C)(C)c1cnc(CSc2cnc(NC(=O)Cc3ccc(OCCCCCC(=O)Nc4ccccc4N)cc3)s2)o1. The molecule has 0 saturated carbocycles. The molecule has 0 atom stereocenters. The second-order valence-electron chi connectivity index (χ2n) is 10.8. The molecule has 0 aliphatic heterocycles. The summed E-state index contributed by atoms with van der Waals surface area (Å²) in [5, 5.41) is 6.28. The lowest BCUT2D eigenvalue weighted by molar-refractivity contribution is -0.116. The van der Waals surface area contributed by atoms with Gasteiger partial charge in [-0.05, 0) is 49.1 Å². The van der Waals surface area contributed by atoms with E-state index < -0.39 is 0 Å². The smallest absolute Gasteiger partial charge is 0.230 e. The van der Waals surface area contributed by atoms with Gasteiger partial charge in [0, 0.05) is 11.8 Å². The predicted molar refractivity (Wildman–Crippen MR) is 169 cm³/mol. The van der Waals surface area contributed by atoms with Gasteiger partial charge in [0.2, 0.25) is 17.7 Å². The Morgan fingerprint density at radius 2 is 1.76 bits per heavy atom. The van der Waals surface area contributed by atoms with E-state index >= 15 is 0 Å². The molecule has 4 N–H and O–H groups in total. The number of unbranched alkanes of at least 4 members (excludes halogenated alkanes) is 2. The van der Waals surface area contributed by atoms with E-state index in [-0.39, 0.29) is 23.7 Å². The average Bonchev–Trinajstić information content (AvgIpc) is 3.61. The molecule has 2 aromatic heterocycles. The Morgan fingerprint density at radius 3 is 2.50 bits per heavy atom. The van der Waals surface area contributed by atoms with Gasteiger partial charge < -0.3 is 25.5 Å². The number of rotatable bonds is 14. The van der Waals surface area contributed by atoms with Crippen LogP contribution in [-0.4, -0.2) is 28.4 Å². The van der Waals surface area contributed by atoms with Crippen LogP contribution in [0, 0.1) is 0 Å². The van der Waals surface area contributed by atoms with E-state index in [1.165, 1.54) is 11.3 Å². The highest BCUT2D eigenvalue weighted by molar-refractivity contribution is 8.00. The minimum Gasteiger partial charge on any atom is -0.494 e. The Kier molecular flexibility index (Phi) is 11.0. The summed E-state index contributed by atoms with van der Waals surface area (Å²) in [6, 6.07) is 14.7. The van der Waals surface area contributed by atoms with Gasteiger partial charge in [0.05, 0.1) is 46.8 Å². The molecule has 0 radical (unpaired) electrons. The molecular weight excluding hydrogens is 571 g/mol. The van der Waals surface area contributed by atoms with Crippen molar-refractivity contribution in [1.29, 1.82) is 0 Å². The van der Waals surface area contributed by atoms with Gasteiger partial charge in [-0.25, -0.2) is 9.97 Å². The zero-order valence-electron chi connectivity index (χ0n) is 24.1. The number of hydrogen-bond donors (Lipinski definition) is 3. The molecule has 0 unspecified atom stereocenters. The van der Waals surface area contributed by atoms with Crippen LogP contribution in [-0.2, 0) is 27.2 Å². The first kappa shape index (κ1) is 31.1. The summed E-state index contributed by atoms with van der Waals surface area (Å²) in [6.45, 7) is 6.82. The van der Waals surface area contributed by atoms with Gasteiger partial charge in [-0.1, -0.05) is 56.4 Å². The lowest BCUT2D eigenvalue weighted by Gasteiger charge is -2.12. The molecular formula is C31H37N5O4S2. The highest BCUT2D eigenvalue weighted by Gasteiger charge is 2.19. The van der Waals surface area contributed by atoms with Crippen molar-refractivity contribution in [2.75, 3.05) is 23.0 Å². The lowest BCUT2D eigenvalue weighted by Crippen LogP contribution is -2.14. The number of aromatic nitrogens is 2. The first-order valence-electron chi connectivity index (χ1n) is 13.9. The number of carbonyl (C=O) groups is 2. The summed E-state index contributed by atoms with van der Waals surface area (Å²) in [5.74, 6) is 2.71. The summed E-state index contributed by atoms with van der Waals surface area (Å²) < 4.78 is 12.6. The highest BCUT2D eigenvalue weighted by Crippen LogP contribution is 2.32. The zero-order valence-corrected chi connectivity index (χ0v) is 25.8. The number of thiazole rings is 1. The van der Waals surface area contributed by atoms with Crippen molar-refractivity contribution in [1.82, 2.24) is 9.97 Å². The number of benzene rings is 2. The van der Waals surface area contributed by atoms with E-state index in [9.17, 15) is 9.59 Å². The van der Waals surface area contributed by atoms with Crippen LogP contribution in [0.2, 0.25) is 0 Å². The number of ether oxygens (including phenoxy) is 1. The van der Waals surface area contributed by atoms with E-state index in [0.29, 0.717) is 41.2 Å². The maximum absolute atomic E-state index is 12.5. The number of para-hydroxylation sites is 2. The number of amides is 2. The van der Waals surface area contributed by atoms with Crippen molar-refractivity contribution in [3.8, 4) is 5.75 Å². The summed E-state index contributed by atoms with van der Waals surface area (Å²) in [7, 11) is 0. The Bertz CT molecular complexity index is 1460. The second-order valence-corrected chi connectivity index (χ2v) is 13.1. The maximum atomic E-state index is 12.5. The van der Waals surface area contributed by atoms with Crippen molar-refractivity contribution in [2.24, 2.45) is 0 Å². The first-order chi connectivity index (χ1) is 20.2. The molecule has 0 aliphatic rings. The second kappa shape index (κ2) is 14.9. The normalized spacial score (nSPS) is 11.3. The minimum absolute atomic E-state index is 0.0417. The summed E-state index contributed by atoms with van der Waals surface area (Å²) >= 11 is 3.00. The number of carbonyl (C=O) groups excluding carboxylic acids is 2. The van der Waals surface area contributed by atoms with Crippen LogP contribution in [0.1, 0.15) is 63.7 Å². The van der Waals surface area contributed by atoms with Crippen LogP contribution < -0.4 is 21.1 Å². The molecule has 222 valence electrons. The molecule has 0 aliphatic carbocycles. The van der Waals surface area contributed by atoms with Gasteiger partial charge in [-0.3, -0.25) is 9.59 Å². The fraction of sp³-hybridized carbons (Fsp3) is 0.355. The van der Waals surface area contributed by atoms with Crippen molar-refractivity contribution < 1.29 is 18.7 Å². The zero-order chi connectivity index (χ0) is 30.0. The molecule has 0 bridgehead atoms. The Labute approximate surface area is 254 Å². The Balaban J connectivity index is 1.10. The molecule has 0 saturated heterocycles. The monoisotopic (exact) mass is 607 g/mol. The molecule has 0 fully saturated rings. The van der Waals surface area contributed by atoms with Crippen molar-refractivity contribution >= 4 is 51.4 Å². The topological polar surface area (TPSA) is 132 Å². The van der Waals surface area contributed by atoms with Gasteiger partial charge in [0.15, 0.2) is 5.13 Å². The van der Waals surface area contributed by atoms with Gasteiger partial charge in [-0.15, -0.1) is 11.8 Å². The fourth-order valence-electron chi connectivity index (χ4n) is 3.87. The number of nitrogen functional groups attached to an aromatic ring is 1. The van der Waals surface area contributed by atoms with Crippen LogP contribution in [0.4, 0.5) is 16.5 Å². The Morgan fingerprint density at radius 1 is 0.976 bits per heavy atom. The highest BCUT2D eigenvalue weighted by atomic mass is 32.2. The molecule has 11 heteroatoms. The molecule has 2 heterocycles. The number of anilines is 3. The fourth-order valence-corrected chi connectivity index (χ4v) is 5.61. The van der Waals surface area contributed by atoms with E-state index in [0.717, 1.165) is 40.5 Å². The summed E-state index contributed by atoms with van der Waals surface area (Å²) in [4.78, 5) is 33.3. The minimum atomic E-state index is -0.129. The number of thioether (sulfide) groups is 1. The molecule has 4 rings (SSSR count). The van der Waals surface area contributed by atoms with E-state index in [2.05, 4.69) is 41.4 Å². The van der Waals surface area contributed by atoms with E-state index in [1.54, 1.807) is 36.3 Å². The van der Waals surface area contributed by atoms with Gasteiger partial charge in [0.1, 0.15) is 11.5 Å². The summed E-state index contributed by atoms with van der Waals surface area (Å²) in [5.41, 5.74) is 7.87. The number of oxazole rings is 1. The van der Waals surface area contributed by atoms with Crippen LogP contribution in [0.5, 0.6) is 5.75 Å². The number of hydrogen-bond acceptors (Lipinski definition) is 9. The number of nitrogens with two attached hydrogens (primary N) is 1. The number of nitrogens with one attached hydrogen (secondary N) is 2. The molecule has 2 amide bonds. The third-order valence-electron chi connectivity index (χ3n) is 6.20. The quantitative estimate of drug-likeness (QED) is 0.0788. The van der Waals surface area contributed by atoms with Crippen LogP contribution >= 0.6 is 23.1 Å². The molecule has 42 heavy (non-hydrogen) atoms. The third-order valence-corrected chi connectivity index (χ3v) is 8.29. The Hall–Kier alpha value is -3.83. The van der Waals surface area contributed by atoms with Crippen molar-refractivity contribution in [2.45, 2.75) is 68.3 Å². The van der Waals surface area contributed by atoms with Gasteiger partial charge in [-0.2, -0.15) is 0 Å². The van der Waals surface area contributed by atoms with Crippen molar-refractivity contribution in [3.05, 3.63) is 78.1 Å². The predicted octanol–water partition coefficient (Wildman–Crippen LogP) is 7.06. The molecule has 2 aromatic carbocycles. The van der Waals surface area contributed by atoms with E-state index in [1.807, 2.05) is 36.4 Å². The maximum Gasteiger partial charge on any atom is 0.230 e. The average molecular weight is 608 g/mol. The molecule has 4 aromatic rings. The van der Waals surface area contributed by atoms with Crippen LogP contribution in [0.3, 0.4) is 0 Å². The van der Waals surface area contributed by atoms with Gasteiger partial charge >= 0.3 is 0 Å². The molecule has 0 spiro atoms. The van der Waals surface area contributed by atoms with Crippen LogP contribution in [0.15, 0.2) is 69.6 Å². The standard InChI is InChI=1S/C31H37N5O4S2/c1-31(2,3)25-18-33-28(40-25)20-41-29-19-34-30(42-29)36-27(38)17-21-12-14-22(15-13-21)39-16-8-4-5-11-26(37)35-24-10-7-6-9-23(24)32/h6-7,9-10,12-15,18-19H,4-5,8,11,16-17,20,32H2,1-3H3,(H,35,37)(H,34,36,38). The van der Waals surface area contributed by atoms with Crippen molar-refractivity contribution in [3.63, 3.8) is 0 Å². The third kappa shape index (κ3) is 9.92. The number of nitrogens with zero attached hydrogens (tertiary/aromatic N) is 2. The summed E-state index contributed by atoms with van der Waals surface area (Å²) in [6.07, 6.45) is 6.70. The lowest BCUT2D eigenvalue weighted by atomic mass is 9.94. The van der Waals surface area contributed by atoms with Crippen LogP contribution in [0.25, 0.3) is 0 Å². The molecule has 9 nitrogen and oxygen atoms in total.